The summed E-state index contributed by atoms with van der Waals surface area (Å²) in [7, 11) is 0. The van der Waals surface area contributed by atoms with Gasteiger partial charge >= 0.3 is 0 Å². The van der Waals surface area contributed by atoms with Gasteiger partial charge in [-0.2, -0.15) is 0 Å². The van der Waals surface area contributed by atoms with Gasteiger partial charge in [-0.1, -0.05) is 68.5 Å². The van der Waals surface area contributed by atoms with E-state index in [1.54, 1.807) is 0 Å². The Bertz CT molecular complexity index is 780. The minimum absolute atomic E-state index is 0.0645. The molecule has 2 aromatic carbocycles. The van der Waals surface area contributed by atoms with Crippen LogP contribution in [0.25, 0.3) is 5.57 Å². The van der Waals surface area contributed by atoms with Gasteiger partial charge in [-0.15, -0.1) is 0 Å². The van der Waals surface area contributed by atoms with Crippen molar-refractivity contribution in [2.24, 2.45) is 0 Å². The van der Waals surface area contributed by atoms with E-state index >= 15 is 0 Å². The number of nitrogens with zero attached hydrogens (tertiary/aromatic N) is 1. The fraction of sp³-hybridized carbons (Fsp3) is 0.348. The van der Waals surface area contributed by atoms with Crippen molar-refractivity contribution in [3.05, 3.63) is 71.8 Å². The summed E-state index contributed by atoms with van der Waals surface area (Å²) in [6.45, 7) is 8.00. The van der Waals surface area contributed by atoms with Crippen LogP contribution in [-0.2, 0) is 4.79 Å². The van der Waals surface area contributed by atoms with Crippen LogP contribution in [0.2, 0.25) is 0 Å². The molecule has 1 amide bonds. The highest BCUT2D eigenvalue weighted by atomic mass is 16.2. The Morgan fingerprint density at radius 1 is 1.00 bits per heavy atom. The molecule has 1 N–H and O–H groups in total. The predicted octanol–water partition coefficient (Wildman–Crippen LogP) is 4.93. The molecule has 0 fully saturated rings. The number of carbonyl (C=O) groups is 1. The Morgan fingerprint density at radius 2 is 1.69 bits per heavy atom. The maximum absolute atomic E-state index is 12.8. The van der Waals surface area contributed by atoms with Gasteiger partial charge in [0.1, 0.15) is 0 Å². The summed E-state index contributed by atoms with van der Waals surface area (Å²) in [5.74, 6) is 0.447. The molecule has 1 aliphatic rings. The molecule has 1 aliphatic heterocycles. The van der Waals surface area contributed by atoms with Crippen LogP contribution < -0.4 is 5.32 Å². The number of amides is 1. The van der Waals surface area contributed by atoms with Crippen LogP contribution in [0.1, 0.15) is 44.2 Å². The van der Waals surface area contributed by atoms with Gasteiger partial charge in [0.05, 0.1) is 6.04 Å². The van der Waals surface area contributed by atoms with Gasteiger partial charge in [-0.25, -0.2) is 0 Å². The average molecular weight is 348 g/mol. The van der Waals surface area contributed by atoms with Crippen LogP contribution in [0.5, 0.6) is 0 Å². The number of carbonyl (C=O) groups excluding carboxylic acids is 1. The van der Waals surface area contributed by atoms with Crippen molar-refractivity contribution in [1.29, 1.82) is 0 Å². The topological polar surface area (TPSA) is 32.3 Å². The van der Waals surface area contributed by atoms with Crippen molar-refractivity contribution in [3.63, 3.8) is 0 Å². The highest BCUT2D eigenvalue weighted by Crippen LogP contribution is 2.25. The van der Waals surface area contributed by atoms with Gasteiger partial charge in [0, 0.05) is 18.8 Å². The Kier molecular flexibility index (Phi) is 5.89. The molecule has 3 rings (SSSR count). The maximum atomic E-state index is 12.8. The minimum Gasteiger partial charge on any atom is -0.324 e. The summed E-state index contributed by atoms with van der Waals surface area (Å²) < 4.78 is 0. The molecule has 3 heteroatoms. The van der Waals surface area contributed by atoms with Crippen molar-refractivity contribution < 1.29 is 4.79 Å². The van der Waals surface area contributed by atoms with E-state index in [9.17, 15) is 4.79 Å². The Labute approximate surface area is 156 Å². The molecule has 1 atom stereocenters. The summed E-state index contributed by atoms with van der Waals surface area (Å²) in [4.78, 5) is 15.0. The largest absolute Gasteiger partial charge is 0.324 e. The lowest BCUT2D eigenvalue weighted by molar-refractivity contribution is -0.120. The molecule has 0 saturated carbocycles. The fourth-order valence-electron chi connectivity index (χ4n) is 3.47. The van der Waals surface area contributed by atoms with Gasteiger partial charge in [0.2, 0.25) is 5.91 Å². The van der Waals surface area contributed by atoms with E-state index in [-0.39, 0.29) is 11.9 Å². The molecule has 0 saturated heterocycles. The van der Waals surface area contributed by atoms with E-state index in [1.165, 1.54) is 16.7 Å². The second-order valence-electron chi connectivity index (χ2n) is 7.25. The molecule has 26 heavy (non-hydrogen) atoms. The zero-order chi connectivity index (χ0) is 18.5. The molecule has 0 spiro atoms. The van der Waals surface area contributed by atoms with E-state index in [0.717, 1.165) is 25.2 Å². The van der Waals surface area contributed by atoms with E-state index < -0.39 is 0 Å². The quantitative estimate of drug-likeness (QED) is 0.831. The third-order valence-corrected chi connectivity index (χ3v) is 5.15. The smallest absolute Gasteiger partial charge is 0.241 e. The molecular formula is C23H28N2O. The van der Waals surface area contributed by atoms with Crippen molar-refractivity contribution >= 4 is 17.2 Å². The van der Waals surface area contributed by atoms with Gasteiger partial charge in [0.25, 0.3) is 0 Å². The Hall–Kier alpha value is -2.39. The molecule has 0 radical (unpaired) electrons. The molecule has 0 bridgehead atoms. The number of para-hydroxylation sites is 1. The third-order valence-electron chi connectivity index (χ3n) is 5.15. The molecular weight excluding hydrogens is 320 g/mol. The monoisotopic (exact) mass is 348 g/mol. The summed E-state index contributed by atoms with van der Waals surface area (Å²) in [6, 6.07) is 18.4. The molecule has 136 valence electrons. The molecule has 2 aromatic rings. The third kappa shape index (κ3) is 4.23. The lowest BCUT2D eigenvalue weighted by Gasteiger charge is -2.31. The summed E-state index contributed by atoms with van der Waals surface area (Å²) in [5, 5.41) is 3.13. The van der Waals surface area contributed by atoms with E-state index in [4.69, 9.17) is 0 Å². The standard InChI is InChI=1S/C23H28N2O/c1-17(2)21-11-7-8-12-22(21)24-23(26)18(3)25-15-13-20(14-16-25)19-9-5-4-6-10-19/h4-13,17-18H,14-16H2,1-3H3,(H,24,26)/t18-/m0/s1. The van der Waals surface area contributed by atoms with Crippen molar-refractivity contribution in [2.45, 2.75) is 39.2 Å². The van der Waals surface area contributed by atoms with Gasteiger partial charge in [-0.3, -0.25) is 9.69 Å². The minimum atomic E-state index is -0.149. The Morgan fingerprint density at radius 3 is 2.35 bits per heavy atom. The van der Waals surface area contributed by atoms with Gasteiger partial charge < -0.3 is 5.32 Å². The number of hydrogen-bond donors (Lipinski definition) is 1. The highest BCUT2D eigenvalue weighted by molar-refractivity contribution is 5.95. The summed E-state index contributed by atoms with van der Waals surface area (Å²) in [5.41, 5.74) is 4.77. The van der Waals surface area contributed by atoms with Crippen LogP contribution in [0.15, 0.2) is 60.7 Å². The van der Waals surface area contributed by atoms with Crippen molar-refractivity contribution in [3.8, 4) is 0 Å². The summed E-state index contributed by atoms with van der Waals surface area (Å²) in [6.07, 6.45) is 3.23. The first-order valence-electron chi connectivity index (χ1n) is 9.44. The van der Waals surface area contributed by atoms with Gasteiger partial charge in [-0.05, 0) is 42.0 Å². The lowest BCUT2D eigenvalue weighted by atomic mass is 9.98. The van der Waals surface area contributed by atoms with Crippen LogP contribution in [0.3, 0.4) is 0 Å². The molecule has 0 aromatic heterocycles. The predicted molar refractivity (Wildman–Crippen MR) is 109 cm³/mol. The van der Waals surface area contributed by atoms with Crippen LogP contribution in [-0.4, -0.2) is 29.9 Å². The first-order chi connectivity index (χ1) is 12.6. The molecule has 3 nitrogen and oxygen atoms in total. The zero-order valence-corrected chi connectivity index (χ0v) is 15.9. The molecule has 1 heterocycles. The maximum Gasteiger partial charge on any atom is 0.241 e. The SMILES string of the molecule is CC(C)c1ccccc1NC(=O)[C@H](C)N1CC=C(c2ccccc2)CC1. The van der Waals surface area contributed by atoms with Crippen LogP contribution in [0.4, 0.5) is 5.69 Å². The average Bonchev–Trinajstić information content (AvgIpc) is 2.68. The first-order valence-corrected chi connectivity index (χ1v) is 9.44. The number of anilines is 1. The second kappa shape index (κ2) is 8.33. The van der Waals surface area contributed by atoms with E-state index in [0.29, 0.717) is 5.92 Å². The fourth-order valence-corrected chi connectivity index (χ4v) is 3.47. The van der Waals surface area contributed by atoms with Crippen molar-refractivity contribution in [2.75, 3.05) is 18.4 Å². The first kappa shape index (κ1) is 18.4. The van der Waals surface area contributed by atoms with E-state index in [1.807, 2.05) is 31.2 Å². The van der Waals surface area contributed by atoms with Crippen LogP contribution in [0, 0.1) is 0 Å². The van der Waals surface area contributed by atoms with E-state index in [2.05, 4.69) is 60.5 Å². The number of rotatable bonds is 5. The number of nitrogens with one attached hydrogen (secondary N) is 1. The zero-order valence-electron chi connectivity index (χ0n) is 15.9. The normalized spacial score (nSPS) is 16.2. The lowest BCUT2D eigenvalue weighted by Crippen LogP contribution is -2.44. The van der Waals surface area contributed by atoms with Gasteiger partial charge in [0.15, 0.2) is 0 Å². The van der Waals surface area contributed by atoms with Crippen molar-refractivity contribution in [1.82, 2.24) is 4.90 Å². The summed E-state index contributed by atoms with van der Waals surface area (Å²) >= 11 is 0. The number of benzene rings is 2. The molecule has 0 aliphatic carbocycles. The Balaban J connectivity index is 1.64. The second-order valence-corrected chi connectivity index (χ2v) is 7.25. The number of hydrogen-bond acceptors (Lipinski definition) is 2. The highest BCUT2D eigenvalue weighted by Gasteiger charge is 2.24. The van der Waals surface area contributed by atoms with Crippen LogP contribution >= 0.6 is 0 Å². The molecule has 0 unspecified atom stereocenters.